The highest BCUT2D eigenvalue weighted by Crippen LogP contribution is 2.34. The molecule has 3 heterocycles. The Morgan fingerprint density at radius 3 is 2.78 bits per heavy atom. The average molecular weight is 504 g/mol. The van der Waals surface area contributed by atoms with Crippen molar-refractivity contribution < 1.29 is 9.84 Å². The van der Waals surface area contributed by atoms with Crippen molar-refractivity contribution in [3.8, 4) is 5.75 Å². The predicted molar refractivity (Wildman–Crippen MR) is 148 cm³/mol. The summed E-state index contributed by atoms with van der Waals surface area (Å²) < 4.78 is 6.20. The quantitative estimate of drug-likeness (QED) is 0.260. The van der Waals surface area contributed by atoms with Crippen LogP contribution in [0.1, 0.15) is 18.4 Å². The zero-order valence-electron chi connectivity index (χ0n) is 20.5. The van der Waals surface area contributed by atoms with Gasteiger partial charge in [-0.2, -0.15) is 0 Å². The van der Waals surface area contributed by atoms with Gasteiger partial charge in [0.1, 0.15) is 17.9 Å². The highest BCUT2D eigenvalue weighted by atomic mass is 32.1. The fraction of sp³-hybridized carbons (Fsp3) is 0.231. The Labute approximate surface area is 213 Å². The minimum absolute atomic E-state index is 0.0189. The summed E-state index contributed by atoms with van der Waals surface area (Å²) in [6, 6.07) is 9.23. The number of thiazole rings is 1. The molecular formula is C26H29N7O2S. The molecule has 1 aliphatic rings. The molecule has 0 saturated heterocycles. The first-order valence-corrected chi connectivity index (χ1v) is 12.3. The molecule has 186 valence electrons. The number of allylic oxidation sites excluding steroid dienone is 2. The monoisotopic (exact) mass is 503 g/mol. The lowest BCUT2D eigenvalue weighted by atomic mass is 10.0. The topological polar surface area (TPSA) is 122 Å². The molecule has 9 nitrogen and oxygen atoms in total. The van der Waals surface area contributed by atoms with Crippen molar-refractivity contribution in [3.05, 3.63) is 65.9 Å². The molecule has 0 spiro atoms. The second-order valence-corrected chi connectivity index (χ2v) is 9.03. The number of benzene rings is 2. The Hall–Kier alpha value is -4.18. The van der Waals surface area contributed by atoms with Gasteiger partial charge < -0.3 is 25.8 Å². The van der Waals surface area contributed by atoms with E-state index < -0.39 is 0 Å². The lowest BCUT2D eigenvalue weighted by Gasteiger charge is -2.16. The van der Waals surface area contributed by atoms with Crippen LogP contribution in [-0.4, -0.2) is 58.9 Å². The molecule has 4 aromatic rings. The third-order valence-electron chi connectivity index (χ3n) is 5.61. The lowest BCUT2D eigenvalue weighted by molar-refractivity contribution is 0.290. The molecule has 0 amide bonds. The van der Waals surface area contributed by atoms with Crippen molar-refractivity contribution in [2.24, 2.45) is 10.7 Å². The molecule has 0 atom stereocenters. The van der Waals surface area contributed by atoms with Gasteiger partial charge in [0.15, 0.2) is 5.88 Å². The maximum absolute atomic E-state index is 10.7. The Bertz CT molecular complexity index is 1450. The van der Waals surface area contributed by atoms with Gasteiger partial charge >= 0.3 is 0 Å². The van der Waals surface area contributed by atoms with Crippen LogP contribution in [0, 0.1) is 0 Å². The SMILES string of the molecule is CN1C=CCCC1.CN=C/C(=C(\N)OC)c1cc(O)c2c(Nc3ccc4ncsc4c3)ncnc2c1. The molecule has 2 aromatic heterocycles. The third kappa shape index (κ3) is 5.72. The van der Waals surface area contributed by atoms with Gasteiger partial charge in [-0.1, -0.05) is 6.08 Å². The number of methoxy groups -OCH3 is 1. The summed E-state index contributed by atoms with van der Waals surface area (Å²) in [6.45, 7) is 1.23. The molecule has 0 fully saturated rings. The van der Waals surface area contributed by atoms with Crippen LogP contribution in [0.5, 0.6) is 5.75 Å². The van der Waals surface area contributed by atoms with Crippen LogP contribution < -0.4 is 11.1 Å². The first-order chi connectivity index (χ1) is 17.5. The normalized spacial score (nSPS) is 14.0. The second-order valence-electron chi connectivity index (χ2n) is 8.15. The molecule has 0 unspecified atom stereocenters. The summed E-state index contributed by atoms with van der Waals surface area (Å²) in [5, 5.41) is 14.5. The van der Waals surface area contributed by atoms with Gasteiger partial charge in [-0.25, -0.2) is 15.0 Å². The van der Waals surface area contributed by atoms with Crippen LogP contribution in [0.3, 0.4) is 0 Å². The van der Waals surface area contributed by atoms with Gasteiger partial charge in [-0.3, -0.25) is 4.99 Å². The Morgan fingerprint density at radius 2 is 2.08 bits per heavy atom. The number of aromatic nitrogens is 3. The van der Waals surface area contributed by atoms with E-state index in [9.17, 15) is 5.11 Å². The van der Waals surface area contributed by atoms with E-state index in [1.165, 1.54) is 32.8 Å². The molecule has 36 heavy (non-hydrogen) atoms. The van der Waals surface area contributed by atoms with Gasteiger partial charge in [0.2, 0.25) is 0 Å². The number of hydrogen-bond acceptors (Lipinski definition) is 10. The van der Waals surface area contributed by atoms with Crippen molar-refractivity contribution in [1.82, 2.24) is 19.9 Å². The van der Waals surface area contributed by atoms with E-state index in [0.29, 0.717) is 27.9 Å². The number of hydrogen-bond donors (Lipinski definition) is 3. The number of fused-ring (bicyclic) bond motifs is 2. The van der Waals surface area contributed by atoms with Gasteiger partial charge in [0.25, 0.3) is 0 Å². The maximum Gasteiger partial charge on any atom is 0.193 e. The fourth-order valence-corrected chi connectivity index (χ4v) is 4.51. The first-order valence-electron chi connectivity index (χ1n) is 11.4. The molecule has 4 N–H and O–H groups in total. The second kappa shape index (κ2) is 11.5. The molecule has 5 rings (SSSR count). The van der Waals surface area contributed by atoms with Crippen LogP contribution in [0.15, 0.2) is 65.3 Å². The smallest absolute Gasteiger partial charge is 0.193 e. The summed E-state index contributed by atoms with van der Waals surface area (Å²) in [5.74, 6) is 0.710. The number of aromatic hydroxyl groups is 1. The molecule has 0 radical (unpaired) electrons. The van der Waals surface area contributed by atoms with Gasteiger partial charge in [0, 0.05) is 32.5 Å². The Morgan fingerprint density at radius 1 is 1.22 bits per heavy atom. The summed E-state index contributed by atoms with van der Waals surface area (Å²) in [6.07, 6.45) is 9.96. The van der Waals surface area contributed by atoms with Crippen LogP contribution in [0.2, 0.25) is 0 Å². The van der Waals surface area contributed by atoms with Crippen LogP contribution in [-0.2, 0) is 4.74 Å². The number of nitrogens with one attached hydrogen (secondary N) is 1. The van der Waals surface area contributed by atoms with Crippen molar-refractivity contribution >= 4 is 55.7 Å². The highest BCUT2D eigenvalue weighted by molar-refractivity contribution is 7.16. The maximum atomic E-state index is 10.7. The highest BCUT2D eigenvalue weighted by Gasteiger charge is 2.14. The lowest BCUT2D eigenvalue weighted by Crippen LogP contribution is -2.14. The predicted octanol–water partition coefficient (Wildman–Crippen LogP) is 4.89. The number of nitrogens with zero attached hydrogens (tertiary/aromatic N) is 5. The molecule has 0 saturated carbocycles. The molecule has 0 bridgehead atoms. The van der Waals surface area contributed by atoms with E-state index in [1.807, 2.05) is 18.2 Å². The van der Waals surface area contributed by atoms with E-state index in [-0.39, 0.29) is 11.6 Å². The summed E-state index contributed by atoms with van der Waals surface area (Å²) >= 11 is 1.56. The van der Waals surface area contributed by atoms with Gasteiger partial charge in [-0.05, 0) is 54.9 Å². The van der Waals surface area contributed by atoms with Gasteiger partial charge in [0.05, 0.1) is 39.3 Å². The Kier molecular flexibility index (Phi) is 7.96. The fourth-order valence-electron chi connectivity index (χ4n) is 3.80. The zero-order valence-corrected chi connectivity index (χ0v) is 21.3. The van der Waals surface area contributed by atoms with E-state index >= 15 is 0 Å². The van der Waals surface area contributed by atoms with E-state index in [1.54, 1.807) is 42.2 Å². The number of rotatable bonds is 5. The zero-order chi connectivity index (χ0) is 25.5. The minimum atomic E-state index is 0.0189. The number of anilines is 2. The van der Waals surface area contributed by atoms with Gasteiger partial charge in [-0.15, -0.1) is 11.3 Å². The van der Waals surface area contributed by atoms with Crippen LogP contribution >= 0.6 is 11.3 Å². The summed E-state index contributed by atoms with van der Waals surface area (Å²) in [4.78, 5) is 19.1. The van der Waals surface area contributed by atoms with E-state index in [2.05, 4.69) is 49.5 Å². The largest absolute Gasteiger partial charge is 0.507 e. The van der Waals surface area contributed by atoms with Crippen molar-refractivity contribution in [2.75, 3.05) is 33.1 Å². The molecule has 2 aromatic carbocycles. The number of phenolic OH excluding ortho intramolecular Hbond substituents is 1. The average Bonchev–Trinajstić information content (AvgIpc) is 3.35. The van der Waals surface area contributed by atoms with Crippen molar-refractivity contribution in [3.63, 3.8) is 0 Å². The van der Waals surface area contributed by atoms with Crippen molar-refractivity contribution in [2.45, 2.75) is 12.8 Å². The van der Waals surface area contributed by atoms with Crippen LogP contribution in [0.25, 0.3) is 26.7 Å². The Balaban J connectivity index is 0.000000375. The number of nitrogens with two attached hydrogens (primary N) is 1. The first kappa shape index (κ1) is 24.9. The molecule has 0 aliphatic carbocycles. The summed E-state index contributed by atoms with van der Waals surface area (Å²) in [7, 11) is 5.22. The molecular weight excluding hydrogens is 474 g/mol. The van der Waals surface area contributed by atoms with E-state index in [0.717, 1.165) is 15.9 Å². The number of phenols is 1. The van der Waals surface area contributed by atoms with E-state index in [4.69, 9.17) is 10.5 Å². The minimum Gasteiger partial charge on any atom is -0.507 e. The number of aliphatic imine (C=N–C) groups is 1. The summed E-state index contributed by atoms with van der Waals surface area (Å²) in [5.41, 5.74) is 11.3. The third-order valence-corrected chi connectivity index (χ3v) is 6.40. The number of ether oxygens (including phenoxy) is 1. The van der Waals surface area contributed by atoms with Crippen LogP contribution in [0.4, 0.5) is 11.5 Å². The van der Waals surface area contributed by atoms with Crippen molar-refractivity contribution in [1.29, 1.82) is 0 Å². The molecule has 1 aliphatic heterocycles. The standard InChI is InChI=1S/C20H18N6O2S.C6H11N/c1-22-8-13(19(21)28-2)11-5-15-18(16(27)6-11)20(24-9-23-15)26-12-3-4-14-17(7-12)29-10-25-14;1-7-5-3-2-4-6-7/h3-10,27H,21H2,1-2H3,(H,23,24,26);3,5H,2,4,6H2,1H3/b19-13-,22-8?;. The molecule has 10 heteroatoms.